The van der Waals surface area contributed by atoms with Crippen molar-refractivity contribution in [1.29, 1.82) is 0 Å². The summed E-state index contributed by atoms with van der Waals surface area (Å²) in [6.07, 6.45) is 1.62. The second-order valence-corrected chi connectivity index (χ2v) is 4.73. The van der Waals surface area contributed by atoms with Gasteiger partial charge in [0.05, 0.1) is 6.61 Å². The maximum atomic E-state index is 11.5. The van der Waals surface area contributed by atoms with Gasteiger partial charge in [0.25, 0.3) is 0 Å². The van der Waals surface area contributed by atoms with Crippen LogP contribution in [0.25, 0.3) is 0 Å². The van der Waals surface area contributed by atoms with Gasteiger partial charge in [-0.25, -0.2) is 0 Å². The lowest BCUT2D eigenvalue weighted by molar-refractivity contribution is -0.146. The Morgan fingerprint density at radius 3 is 2.72 bits per heavy atom. The minimum absolute atomic E-state index is 0.201. The Labute approximate surface area is 107 Å². The Bertz CT molecular complexity index is 396. The van der Waals surface area contributed by atoms with E-state index in [2.05, 4.69) is 10.3 Å². The Kier molecular flexibility index (Phi) is 4.95. The number of ether oxygens (including phenoxy) is 1. The second kappa shape index (κ2) is 6.23. The Morgan fingerprint density at radius 2 is 2.17 bits per heavy atom. The van der Waals surface area contributed by atoms with E-state index in [0.29, 0.717) is 13.2 Å². The summed E-state index contributed by atoms with van der Waals surface area (Å²) in [5.41, 5.74) is 0.840. The minimum Gasteiger partial charge on any atom is -0.466 e. The quantitative estimate of drug-likeness (QED) is 0.593. The number of nitrogens with one attached hydrogen (secondary N) is 2. The summed E-state index contributed by atoms with van der Waals surface area (Å²) < 4.78 is 4.71. The van der Waals surface area contributed by atoms with Crippen LogP contribution in [-0.4, -0.2) is 30.0 Å². The number of esters is 1. The molecule has 2 N–H and O–H groups in total. The molecule has 5 nitrogen and oxygen atoms in total. The fourth-order valence-electron chi connectivity index (χ4n) is 1.57. The number of aromatic amines is 1. The molecule has 0 aliphatic heterocycles. The van der Waals surface area contributed by atoms with E-state index < -0.39 is 5.97 Å². The molecule has 0 radical (unpaired) electrons. The van der Waals surface area contributed by atoms with Crippen LogP contribution in [0.3, 0.4) is 0 Å². The van der Waals surface area contributed by atoms with Crippen molar-refractivity contribution in [1.82, 2.24) is 10.3 Å². The second-order valence-electron chi connectivity index (χ2n) is 4.73. The number of aromatic nitrogens is 1. The summed E-state index contributed by atoms with van der Waals surface area (Å²) in [5, 5.41) is 2.74. The molecule has 18 heavy (non-hydrogen) atoms. The molecule has 1 amide bonds. The highest BCUT2D eigenvalue weighted by Crippen LogP contribution is 2.19. The van der Waals surface area contributed by atoms with Crippen LogP contribution >= 0.6 is 0 Å². The largest absolute Gasteiger partial charge is 0.466 e. The summed E-state index contributed by atoms with van der Waals surface area (Å²) in [5.74, 6) is -0.805. The van der Waals surface area contributed by atoms with E-state index in [-0.39, 0.29) is 17.7 Å². The van der Waals surface area contributed by atoms with E-state index >= 15 is 0 Å². The van der Waals surface area contributed by atoms with Crippen molar-refractivity contribution < 1.29 is 14.3 Å². The van der Waals surface area contributed by atoms with Crippen molar-refractivity contribution in [2.75, 3.05) is 13.2 Å². The molecule has 5 heteroatoms. The molecule has 0 unspecified atom stereocenters. The molecule has 0 saturated heterocycles. The topological polar surface area (TPSA) is 71.2 Å². The molecule has 0 bridgehead atoms. The molecule has 1 heterocycles. The number of H-pyrrole nitrogens is 1. The van der Waals surface area contributed by atoms with Crippen molar-refractivity contribution in [2.24, 2.45) is 0 Å². The highest BCUT2D eigenvalue weighted by atomic mass is 16.5. The van der Waals surface area contributed by atoms with Gasteiger partial charge < -0.3 is 15.0 Å². The molecule has 0 aliphatic rings. The molecular weight excluding hydrogens is 232 g/mol. The smallest absolute Gasteiger partial charge is 0.315 e. The molecule has 0 atom stereocenters. The molecule has 1 aromatic rings. The van der Waals surface area contributed by atoms with Gasteiger partial charge in [0.15, 0.2) is 0 Å². The number of carbonyl (C=O) groups is 2. The molecule has 1 rings (SSSR count). The van der Waals surface area contributed by atoms with Crippen LogP contribution in [-0.2, 0) is 19.7 Å². The molecular formula is C13H20N2O3. The zero-order valence-corrected chi connectivity index (χ0v) is 11.1. The molecule has 1 aromatic heterocycles. The SMILES string of the molecule is CCOC(=O)CC(=O)NCC(C)(C)c1ccc[nH]1. The summed E-state index contributed by atoms with van der Waals surface area (Å²) in [4.78, 5) is 25.8. The maximum Gasteiger partial charge on any atom is 0.315 e. The third-order valence-electron chi connectivity index (χ3n) is 2.66. The highest BCUT2D eigenvalue weighted by molar-refractivity contribution is 5.94. The monoisotopic (exact) mass is 252 g/mol. The van der Waals surface area contributed by atoms with E-state index in [0.717, 1.165) is 5.69 Å². The van der Waals surface area contributed by atoms with Crippen LogP contribution in [0, 0.1) is 0 Å². The van der Waals surface area contributed by atoms with Crippen LogP contribution in [0.2, 0.25) is 0 Å². The average molecular weight is 252 g/mol. The van der Waals surface area contributed by atoms with Crippen LogP contribution in [0.4, 0.5) is 0 Å². The van der Waals surface area contributed by atoms with Crippen LogP contribution in [0.15, 0.2) is 18.3 Å². The van der Waals surface area contributed by atoms with Gasteiger partial charge in [0.1, 0.15) is 6.42 Å². The van der Waals surface area contributed by atoms with E-state index in [1.807, 2.05) is 32.2 Å². The summed E-state index contributed by atoms with van der Waals surface area (Å²) in [6, 6.07) is 3.88. The number of hydrogen-bond donors (Lipinski definition) is 2. The summed E-state index contributed by atoms with van der Waals surface area (Å²) in [7, 11) is 0. The van der Waals surface area contributed by atoms with E-state index in [1.165, 1.54) is 0 Å². The van der Waals surface area contributed by atoms with Crippen molar-refractivity contribution in [3.63, 3.8) is 0 Å². The maximum absolute atomic E-state index is 11.5. The van der Waals surface area contributed by atoms with E-state index in [4.69, 9.17) is 4.74 Å². The fraction of sp³-hybridized carbons (Fsp3) is 0.538. The van der Waals surface area contributed by atoms with Gasteiger partial charge in [-0.15, -0.1) is 0 Å². The third-order valence-corrected chi connectivity index (χ3v) is 2.66. The number of rotatable bonds is 6. The van der Waals surface area contributed by atoms with Crippen molar-refractivity contribution in [3.8, 4) is 0 Å². The normalized spacial score (nSPS) is 11.1. The highest BCUT2D eigenvalue weighted by Gasteiger charge is 2.22. The average Bonchev–Trinajstić information content (AvgIpc) is 2.81. The Balaban J connectivity index is 2.41. The van der Waals surface area contributed by atoms with E-state index in [1.54, 1.807) is 6.92 Å². The van der Waals surface area contributed by atoms with Crippen molar-refractivity contribution >= 4 is 11.9 Å². The zero-order chi connectivity index (χ0) is 13.6. The molecule has 0 aromatic carbocycles. The standard InChI is InChI=1S/C13H20N2O3/c1-4-18-12(17)8-11(16)15-9-13(2,3)10-6-5-7-14-10/h5-7,14H,4,8-9H2,1-3H3,(H,15,16). The van der Waals surface area contributed by atoms with Gasteiger partial charge in [-0.3, -0.25) is 9.59 Å². The zero-order valence-electron chi connectivity index (χ0n) is 11.1. The van der Waals surface area contributed by atoms with Gasteiger partial charge in [-0.1, -0.05) is 13.8 Å². The minimum atomic E-state index is -0.493. The first-order chi connectivity index (χ1) is 8.45. The van der Waals surface area contributed by atoms with Gasteiger partial charge >= 0.3 is 5.97 Å². The van der Waals surface area contributed by atoms with Crippen LogP contribution in [0.5, 0.6) is 0 Å². The van der Waals surface area contributed by atoms with Gasteiger partial charge in [-0.05, 0) is 19.1 Å². The molecule has 0 fully saturated rings. The lowest BCUT2D eigenvalue weighted by Gasteiger charge is -2.23. The first kappa shape index (κ1) is 14.3. The van der Waals surface area contributed by atoms with Gasteiger partial charge in [-0.2, -0.15) is 0 Å². The van der Waals surface area contributed by atoms with Crippen molar-refractivity contribution in [2.45, 2.75) is 32.6 Å². The molecule has 0 aliphatic carbocycles. The number of amides is 1. The van der Waals surface area contributed by atoms with Crippen LogP contribution in [0.1, 0.15) is 32.9 Å². The Morgan fingerprint density at radius 1 is 1.44 bits per heavy atom. The first-order valence-electron chi connectivity index (χ1n) is 6.02. The molecule has 0 spiro atoms. The van der Waals surface area contributed by atoms with Gasteiger partial charge in [0.2, 0.25) is 5.91 Å². The fourth-order valence-corrected chi connectivity index (χ4v) is 1.57. The number of carbonyl (C=O) groups excluding carboxylic acids is 2. The predicted octanol–water partition coefficient (Wildman–Crippen LogP) is 1.36. The lowest BCUT2D eigenvalue weighted by Crippen LogP contribution is -2.37. The predicted molar refractivity (Wildman–Crippen MR) is 68.1 cm³/mol. The summed E-state index contributed by atoms with van der Waals surface area (Å²) in [6.45, 7) is 6.50. The summed E-state index contributed by atoms with van der Waals surface area (Å²) >= 11 is 0. The van der Waals surface area contributed by atoms with Gasteiger partial charge in [0, 0.05) is 23.9 Å². The van der Waals surface area contributed by atoms with Crippen molar-refractivity contribution in [3.05, 3.63) is 24.0 Å². The number of hydrogen-bond acceptors (Lipinski definition) is 3. The molecule has 100 valence electrons. The Hall–Kier alpha value is -1.78. The van der Waals surface area contributed by atoms with E-state index in [9.17, 15) is 9.59 Å². The third kappa shape index (κ3) is 4.24. The first-order valence-corrected chi connectivity index (χ1v) is 6.02. The van der Waals surface area contributed by atoms with Crippen LogP contribution < -0.4 is 5.32 Å². The molecule has 0 saturated carbocycles. The lowest BCUT2D eigenvalue weighted by atomic mass is 9.89.